The van der Waals surface area contributed by atoms with Gasteiger partial charge in [0.1, 0.15) is 0 Å². The first-order chi connectivity index (χ1) is 8.25. The Morgan fingerprint density at radius 2 is 1.71 bits per heavy atom. The van der Waals surface area contributed by atoms with E-state index in [4.69, 9.17) is 23.2 Å². The summed E-state index contributed by atoms with van der Waals surface area (Å²) >= 11 is 12.4. The van der Waals surface area contributed by atoms with Crippen molar-refractivity contribution >= 4 is 23.2 Å². The molecule has 0 fully saturated rings. The van der Waals surface area contributed by atoms with Crippen LogP contribution >= 0.6 is 23.2 Å². The number of benzene rings is 2. The topological polar surface area (TPSA) is 0 Å². The van der Waals surface area contributed by atoms with Gasteiger partial charge in [-0.1, -0.05) is 48.0 Å². The van der Waals surface area contributed by atoms with E-state index in [1.54, 1.807) is 0 Å². The predicted octanol–water partition coefficient (Wildman–Crippen LogP) is 5.16. The molecule has 0 amide bonds. The van der Waals surface area contributed by atoms with E-state index in [9.17, 15) is 0 Å². The number of rotatable bonds is 1. The molecule has 86 valence electrons. The molecule has 0 aliphatic heterocycles. The second kappa shape index (κ2) is 4.36. The Morgan fingerprint density at radius 3 is 2.47 bits per heavy atom. The lowest BCUT2D eigenvalue weighted by atomic mass is 9.93. The average Bonchev–Trinajstić information content (AvgIpc) is 2.68. The Hall–Kier alpha value is -0.980. The Labute approximate surface area is 111 Å². The van der Waals surface area contributed by atoms with Gasteiger partial charge in [-0.25, -0.2) is 0 Å². The molecule has 3 rings (SSSR count). The molecule has 0 N–H and O–H groups in total. The first kappa shape index (κ1) is 11.1. The van der Waals surface area contributed by atoms with Crippen molar-refractivity contribution < 1.29 is 0 Å². The zero-order valence-electron chi connectivity index (χ0n) is 9.24. The van der Waals surface area contributed by atoms with Crippen molar-refractivity contribution in [2.45, 2.75) is 17.7 Å². The molecule has 1 aliphatic rings. The van der Waals surface area contributed by atoms with Crippen LogP contribution < -0.4 is 0 Å². The molecule has 0 heterocycles. The van der Waals surface area contributed by atoms with E-state index in [0.29, 0.717) is 5.92 Å². The van der Waals surface area contributed by atoms with Gasteiger partial charge in [-0.15, -0.1) is 11.6 Å². The first-order valence-electron chi connectivity index (χ1n) is 5.74. The van der Waals surface area contributed by atoms with Crippen LogP contribution in [-0.2, 0) is 0 Å². The normalized spacial score (nSPS) is 22.5. The van der Waals surface area contributed by atoms with E-state index < -0.39 is 0 Å². The summed E-state index contributed by atoms with van der Waals surface area (Å²) in [5, 5.41) is 0.910. The van der Waals surface area contributed by atoms with E-state index in [2.05, 4.69) is 30.3 Å². The molecule has 0 aromatic heterocycles. The molecule has 0 radical (unpaired) electrons. The van der Waals surface area contributed by atoms with Crippen molar-refractivity contribution in [2.75, 3.05) is 0 Å². The summed E-state index contributed by atoms with van der Waals surface area (Å²) in [6.07, 6.45) is 0.960. The molecule has 2 atom stereocenters. The highest BCUT2D eigenvalue weighted by Crippen LogP contribution is 2.47. The van der Waals surface area contributed by atoms with Gasteiger partial charge in [0, 0.05) is 10.9 Å². The van der Waals surface area contributed by atoms with Gasteiger partial charge >= 0.3 is 0 Å². The Balaban J connectivity index is 2.07. The highest BCUT2D eigenvalue weighted by Gasteiger charge is 2.30. The van der Waals surface area contributed by atoms with Crippen molar-refractivity contribution in [1.82, 2.24) is 0 Å². The van der Waals surface area contributed by atoms with Crippen LogP contribution in [0.5, 0.6) is 0 Å². The van der Waals surface area contributed by atoms with Crippen molar-refractivity contribution in [2.24, 2.45) is 0 Å². The lowest BCUT2D eigenvalue weighted by Gasteiger charge is -2.12. The number of halogens is 2. The van der Waals surface area contributed by atoms with Crippen LogP contribution in [0.3, 0.4) is 0 Å². The van der Waals surface area contributed by atoms with Gasteiger partial charge in [0.2, 0.25) is 0 Å². The molecule has 2 heteroatoms. The van der Waals surface area contributed by atoms with Gasteiger partial charge in [-0.3, -0.25) is 0 Å². The third-order valence-electron chi connectivity index (χ3n) is 3.40. The molecule has 0 unspecified atom stereocenters. The highest BCUT2D eigenvalue weighted by atomic mass is 35.5. The molecule has 17 heavy (non-hydrogen) atoms. The van der Waals surface area contributed by atoms with Crippen molar-refractivity contribution in [3.63, 3.8) is 0 Å². The van der Waals surface area contributed by atoms with Crippen LogP contribution in [0.4, 0.5) is 0 Å². The number of hydrogen-bond acceptors (Lipinski definition) is 0. The standard InChI is InChI=1S/C15H12Cl2/c16-11-5-3-4-10(8-11)14-9-15(17)13-7-2-1-6-12(13)14/h1-8,14-15H,9H2/t14-,15+/m0/s1. The van der Waals surface area contributed by atoms with Gasteiger partial charge in [0.25, 0.3) is 0 Å². The summed E-state index contributed by atoms with van der Waals surface area (Å²) in [7, 11) is 0. The molecular weight excluding hydrogens is 251 g/mol. The van der Waals surface area contributed by atoms with Gasteiger partial charge in [-0.05, 0) is 35.2 Å². The molecule has 0 nitrogen and oxygen atoms in total. The Morgan fingerprint density at radius 1 is 0.941 bits per heavy atom. The van der Waals surface area contributed by atoms with Crippen LogP contribution in [0.15, 0.2) is 48.5 Å². The van der Waals surface area contributed by atoms with Crippen molar-refractivity contribution in [3.05, 3.63) is 70.2 Å². The average molecular weight is 263 g/mol. The highest BCUT2D eigenvalue weighted by molar-refractivity contribution is 6.30. The molecule has 2 aromatic carbocycles. The lowest BCUT2D eigenvalue weighted by molar-refractivity contribution is 0.771. The van der Waals surface area contributed by atoms with E-state index in [0.717, 1.165) is 11.4 Å². The number of fused-ring (bicyclic) bond motifs is 1. The Kier molecular flexibility index (Phi) is 2.85. The second-order valence-corrected chi connectivity index (χ2v) is 5.40. The van der Waals surface area contributed by atoms with Gasteiger partial charge in [0.05, 0.1) is 5.38 Å². The van der Waals surface area contributed by atoms with Crippen LogP contribution in [0.2, 0.25) is 5.02 Å². The summed E-state index contributed by atoms with van der Waals surface area (Å²) in [4.78, 5) is 0. The molecular formula is C15H12Cl2. The molecule has 0 spiro atoms. The van der Waals surface area contributed by atoms with E-state index in [1.807, 2.05) is 18.2 Å². The minimum atomic E-state index is 0.121. The largest absolute Gasteiger partial charge is 0.118 e. The minimum Gasteiger partial charge on any atom is -0.118 e. The summed E-state index contributed by atoms with van der Waals surface area (Å²) in [5.41, 5.74) is 3.86. The predicted molar refractivity (Wildman–Crippen MR) is 72.9 cm³/mol. The zero-order valence-corrected chi connectivity index (χ0v) is 10.7. The summed E-state index contributed by atoms with van der Waals surface area (Å²) < 4.78 is 0. The maximum Gasteiger partial charge on any atom is 0.0597 e. The molecule has 0 bridgehead atoms. The van der Waals surface area contributed by atoms with E-state index in [-0.39, 0.29) is 5.38 Å². The zero-order chi connectivity index (χ0) is 11.8. The van der Waals surface area contributed by atoms with Crippen LogP contribution in [-0.4, -0.2) is 0 Å². The third-order valence-corrected chi connectivity index (χ3v) is 4.05. The molecule has 0 saturated carbocycles. The number of hydrogen-bond donors (Lipinski definition) is 0. The molecule has 1 aliphatic carbocycles. The van der Waals surface area contributed by atoms with E-state index >= 15 is 0 Å². The quantitative estimate of drug-likeness (QED) is 0.624. The smallest absolute Gasteiger partial charge is 0.0597 e. The third kappa shape index (κ3) is 1.96. The van der Waals surface area contributed by atoms with Gasteiger partial charge < -0.3 is 0 Å². The fraction of sp³-hybridized carbons (Fsp3) is 0.200. The maximum atomic E-state index is 6.39. The fourth-order valence-electron chi connectivity index (χ4n) is 2.61. The van der Waals surface area contributed by atoms with Gasteiger partial charge in [-0.2, -0.15) is 0 Å². The van der Waals surface area contributed by atoms with Crippen molar-refractivity contribution in [3.8, 4) is 0 Å². The second-order valence-electron chi connectivity index (χ2n) is 4.44. The van der Waals surface area contributed by atoms with E-state index in [1.165, 1.54) is 16.7 Å². The summed E-state index contributed by atoms with van der Waals surface area (Å²) in [5.74, 6) is 0.382. The summed E-state index contributed by atoms with van der Waals surface area (Å²) in [6.45, 7) is 0. The van der Waals surface area contributed by atoms with Gasteiger partial charge in [0.15, 0.2) is 0 Å². The SMILES string of the molecule is Clc1cccc([C@@H]2C[C@@H](Cl)c3ccccc32)c1. The first-order valence-corrected chi connectivity index (χ1v) is 6.55. The van der Waals surface area contributed by atoms with Crippen LogP contribution in [0, 0.1) is 0 Å². The fourth-order valence-corrected chi connectivity index (χ4v) is 3.19. The number of alkyl halides is 1. The molecule has 0 saturated heterocycles. The Bertz CT molecular complexity index is 548. The minimum absolute atomic E-state index is 0.121. The van der Waals surface area contributed by atoms with Crippen LogP contribution in [0.1, 0.15) is 34.4 Å². The summed E-state index contributed by atoms with van der Waals surface area (Å²) in [6, 6.07) is 16.5. The van der Waals surface area contributed by atoms with Crippen molar-refractivity contribution in [1.29, 1.82) is 0 Å². The lowest BCUT2D eigenvalue weighted by Crippen LogP contribution is -1.95. The van der Waals surface area contributed by atoms with Crippen LogP contribution in [0.25, 0.3) is 0 Å². The maximum absolute atomic E-state index is 6.39. The molecule has 2 aromatic rings. The monoisotopic (exact) mass is 262 g/mol.